The first-order valence-electron chi connectivity index (χ1n) is 9.94. The number of methoxy groups -OCH3 is 1. The number of allylic oxidation sites excluding steroid dienone is 2. The molecule has 0 spiro atoms. The van der Waals surface area contributed by atoms with Crippen molar-refractivity contribution in [2.45, 2.75) is 12.6 Å². The van der Waals surface area contributed by atoms with Gasteiger partial charge in [0.2, 0.25) is 17.6 Å². The Morgan fingerprint density at radius 1 is 1.13 bits per heavy atom. The van der Waals surface area contributed by atoms with Gasteiger partial charge in [-0.25, -0.2) is 4.79 Å². The van der Waals surface area contributed by atoms with Crippen molar-refractivity contribution in [3.8, 4) is 5.75 Å². The SMILES string of the molecule is COc1ccc(CNC(=O)c2ccc(/C=C3\OC4C=CC=CC4=[N+](C)C3=O)cc2)cc1. The van der Waals surface area contributed by atoms with Crippen molar-refractivity contribution >= 4 is 23.6 Å². The molecule has 1 aliphatic heterocycles. The molecule has 2 aliphatic rings. The third-order valence-electron chi connectivity index (χ3n) is 5.19. The van der Waals surface area contributed by atoms with Gasteiger partial charge in [0.15, 0.2) is 0 Å². The van der Waals surface area contributed by atoms with Gasteiger partial charge >= 0.3 is 5.91 Å². The van der Waals surface area contributed by atoms with Crippen LogP contribution in [0.15, 0.2) is 78.6 Å². The molecule has 0 aromatic heterocycles. The summed E-state index contributed by atoms with van der Waals surface area (Å²) in [7, 11) is 3.35. The summed E-state index contributed by atoms with van der Waals surface area (Å²) in [4.78, 5) is 25.0. The Kier molecular flexibility index (Phi) is 5.80. The topological polar surface area (TPSA) is 67.6 Å². The van der Waals surface area contributed by atoms with E-state index >= 15 is 0 Å². The zero-order valence-corrected chi connectivity index (χ0v) is 17.4. The highest BCUT2D eigenvalue weighted by Gasteiger charge is 2.37. The lowest BCUT2D eigenvalue weighted by atomic mass is 10.1. The van der Waals surface area contributed by atoms with Gasteiger partial charge in [0.25, 0.3) is 5.91 Å². The average molecular weight is 415 g/mol. The van der Waals surface area contributed by atoms with Crippen LogP contribution in [0.5, 0.6) is 5.75 Å². The highest BCUT2D eigenvalue weighted by atomic mass is 16.5. The number of benzene rings is 2. The molecule has 0 bridgehead atoms. The molecule has 0 radical (unpaired) electrons. The van der Waals surface area contributed by atoms with Crippen molar-refractivity contribution in [3.63, 3.8) is 0 Å². The van der Waals surface area contributed by atoms with E-state index in [1.54, 1.807) is 49.1 Å². The number of amides is 2. The number of nitrogens with one attached hydrogen (secondary N) is 1. The van der Waals surface area contributed by atoms with Crippen LogP contribution in [0.2, 0.25) is 0 Å². The summed E-state index contributed by atoms with van der Waals surface area (Å²) < 4.78 is 12.6. The molecule has 2 amide bonds. The lowest BCUT2D eigenvalue weighted by molar-refractivity contribution is -0.424. The van der Waals surface area contributed by atoms with Crippen molar-refractivity contribution in [3.05, 3.63) is 95.3 Å². The molecule has 1 aliphatic carbocycles. The highest BCUT2D eigenvalue weighted by Crippen LogP contribution is 2.20. The second kappa shape index (κ2) is 8.83. The molecule has 6 heteroatoms. The maximum atomic E-state index is 12.6. The minimum absolute atomic E-state index is 0.168. The van der Waals surface area contributed by atoms with Gasteiger partial charge in [0.05, 0.1) is 7.11 Å². The van der Waals surface area contributed by atoms with Gasteiger partial charge in [-0.2, -0.15) is 4.58 Å². The molecule has 6 nitrogen and oxygen atoms in total. The highest BCUT2D eigenvalue weighted by molar-refractivity contribution is 6.05. The molecule has 1 N–H and O–H groups in total. The predicted molar refractivity (Wildman–Crippen MR) is 118 cm³/mol. The van der Waals surface area contributed by atoms with Gasteiger partial charge in [-0.15, -0.1) is 0 Å². The number of fused-ring (bicyclic) bond motifs is 1. The molecule has 31 heavy (non-hydrogen) atoms. The van der Waals surface area contributed by atoms with Crippen LogP contribution in [0.4, 0.5) is 0 Å². The van der Waals surface area contributed by atoms with Crippen molar-refractivity contribution in [1.82, 2.24) is 5.32 Å². The summed E-state index contributed by atoms with van der Waals surface area (Å²) in [6.07, 6.45) is 8.98. The van der Waals surface area contributed by atoms with Crippen molar-refractivity contribution < 1.29 is 23.6 Å². The van der Waals surface area contributed by atoms with Crippen molar-refractivity contribution in [2.75, 3.05) is 14.2 Å². The van der Waals surface area contributed by atoms with E-state index in [0.29, 0.717) is 12.1 Å². The van der Waals surface area contributed by atoms with Crippen molar-refractivity contribution in [2.24, 2.45) is 0 Å². The first-order chi connectivity index (χ1) is 15.0. The van der Waals surface area contributed by atoms with E-state index in [9.17, 15) is 9.59 Å². The van der Waals surface area contributed by atoms with E-state index in [1.807, 2.05) is 48.6 Å². The summed E-state index contributed by atoms with van der Waals surface area (Å²) in [5, 5.41) is 2.90. The number of ether oxygens (including phenoxy) is 2. The van der Waals surface area contributed by atoms with Gasteiger partial charge < -0.3 is 14.8 Å². The number of carbonyl (C=O) groups excluding carboxylic acids is 2. The van der Waals surface area contributed by atoms with Crippen LogP contribution in [0.3, 0.4) is 0 Å². The molecule has 0 saturated heterocycles. The molecule has 1 unspecified atom stereocenters. The monoisotopic (exact) mass is 415 g/mol. The smallest absolute Gasteiger partial charge is 0.454 e. The second-order valence-electron chi connectivity index (χ2n) is 7.23. The fraction of sp³-hybridized carbons (Fsp3) is 0.160. The molecule has 2 aromatic rings. The van der Waals surface area contributed by atoms with Crippen LogP contribution >= 0.6 is 0 Å². The fourth-order valence-corrected chi connectivity index (χ4v) is 3.39. The van der Waals surface area contributed by atoms with Gasteiger partial charge in [0, 0.05) is 18.2 Å². The minimum Gasteiger partial charge on any atom is -0.497 e. The Bertz CT molecular complexity index is 1120. The van der Waals surface area contributed by atoms with Crippen molar-refractivity contribution in [1.29, 1.82) is 0 Å². The van der Waals surface area contributed by atoms with Crippen LogP contribution in [0.25, 0.3) is 6.08 Å². The Labute approximate surface area is 180 Å². The quantitative estimate of drug-likeness (QED) is 0.602. The third-order valence-corrected chi connectivity index (χ3v) is 5.19. The molecule has 0 fully saturated rings. The van der Waals surface area contributed by atoms with Crippen LogP contribution in [0, 0.1) is 0 Å². The van der Waals surface area contributed by atoms with Gasteiger partial charge in [-0.05, 0) is 47.5 Å². The first kappa shape index (κ1) is 20.3. The summed E-state index contributed by atoms with van der Waals surface area (Å²) in [6, 6.07) is 14.6. The molecular weight excluding hydrogens is 392 g/mol. The summed E-state index contributed by atoms with van der Waals surface area (Å²) >= 11 is 0. The van der Waals surface area contributed by atoms with Crippen LogP contribution < -0.4 is 10.1 Å². The molecule has 1 atom stereocenters. The largest absolute Gasteiger partial charge is 0.497 e. The summed E-state index contributed by atoms with van der Waals surface area (Å²) in [5.74, 6) is 0.676. The predicted octanol–water partition coefficient (Wildman–Crippen LogP) is 3.10. The maximum Gasteiger partial charge on any atom is 0.454 e. The van der Waals surface area contributed by atoms with Crippen LogP contribution in [-0.2, 0) is 16.1 Å². The molecule has 1 heterocycles. The Morgan fingerprint density at radius 2 is 1.87 bits per heavy atom. The van der Waals surface area contributed by atoms with Gasteiger partial charge in [0.1, 0.15) is 12.8 Å². The van der Waals surface area contributed by atoms with E-state index in [0.717, 1.165) is 22.6 Å². The Hall–Kier alpha value is -3.93. The fourth-order valence-electron chi connectivity index (χ4n) is 3.39. The molecule has 156 valence electrons. The molecule has 0 saturated carbocycles. The van der Waals surface area contributed by atoms with E-state index < -0.39 is 0 Å². The summed E-state index contributed by atoms with van der Waals surface area (Å²) in [6.45, 7) is 0.422. The Balaban J connectivity index is 1.42. The molecular formula is C25H23N2O4+. The standard InChI is InChI=1S/C25H22N2O4/c1-27-21-5-3-4-6-22(21)31-23(25(27)29)15-17-7-11-19(12-8-17)24(28)26-16-18-9-13-20(30-2)14-10-18/h3-15,22H,16H2,1-2H3/p+1/b23-15-. The molecule has 2 aromatic carbocycles. The number of nitrogens with zero attached hydrogens (tertiary/aromatic N) is 1. The second-order valence-corrected chi connectivity index (χ2v) is 7.23. The first-order valence-corrected chi connectivity index (χ1v) is 9.94. The Morgan fingerprint density at radius 3 is 2.58 bits per heavy atom. The van der Waals surface area contributed by atoms with Gasteiger partial charge in [-0.1, -0.05) is 36.4 Å². The zero-order valence-electron chi connectivity index (χ0n) is 17.4. The van der Waals surface area contributed by atoms with E-state index in [4.69, 9.17) is 9.47 Å². The minimum atomic E-state index is -0.276. The zero-order chi connectivity index (χ0) is 21.8. The average Bonchev–Trinajstić information content (AvgIpc) is 2.81. The van der Waals surface area contributed by atoms with E-state index in [-0.39, 0.29) is 23.7 Å². The summed E-state index contributed by atoms with van der Waals surface area (Å²) in [5.41, 5.74) is 3.12. The molecule has 4 rings (SSSR count). The lowest BCUT2D eigenvalue weighted by Crippen LogP contribution is -2.40. The number of hydrogen-bond acceptors (Lipinski definition) is 4. The number of carbonyl (C=O) groups is 2. The number of rotatable bonds is 5. The third kappa shape index (κ3) is 4.48. The van der Waals surface area contributed by atoms with Gasteiger partial charge in [-0.3, -0.25) is 4.79 Å². The van der Waals surface area contributed by atoms with E-state index in [2.05, 4.69) is 5.32 Å². The van der Waals surface area contributed by atoms with Crippen LogP contribution in [-0.4, -0.2) is 42.4 Å². The normalized spacial score (nSPS) is 18.6. The lowest BCUT2D eigenvalue weighted by Gasteiger charge is -2.21. The number of hydrogen-bond donors (Lipinski definition) is 1. The maximum absolute atomic E-state index is 12.6. The van der Waals surface area contributed by atoms with E-state index in [1.165, 1.54) is 0 Å². The number of likely N-dealkylation sites (N-methyl/N-ethyl adjacent to an activating group) is 1. The van der Waals surface area contributed by atoms with Crippen LogP contribution in [0.1, 0.15) is 21.5 Å².